The van der Waals surface area contributed by atoms with Gasteiger partial charge in [0.25, 0.3) is 0 Å². The van der Waals surface area contributed by atoms with E-state index in [1.165, 1.54) is 0 Å². The second kappa shape index (κ2) is 6.27. The molecule has 0 spiro atoms. The number of carbonyl (C=O) groups is 1. The molecule has 0 saturated carbocycles. The number of alkyl halides is 3. The van der Waals surface area contributed by atoms with Crippen LogP contribution in [0.1, 0.15) is 11.1 Å². The normalized spacial score (nSPS) is 11.1. The van der Waals surface area contributed by atoms with Gasteiger partial charge in [-0.1, -0.05) is 23.7 Å². The van der Waals surface area contributed by atoms with Crippen LogP contribution in [-0.4, -0.2) is 6.03 Å². The fourth-order valence-electron chi connectivity index (χ4n) is 1.80. The summed E-state index contributed by atoms with van der Waals surface area (Å²) in [7, 11) is 0. The largest absolute Gasteiger partial charge is 0.416 e. The molecule has 0 aliphatic heterocycles. The lowest BCUT2D eigenvalue weighted by atomic mass is 10.2. The molecule has 0 saturated heterocycles. The number of nitrogens with one attached hydrogen (secondary N) is 2. The minimum atomic E-state index is -4.51. The molecule has 0 radical (unpaired) electrons. The summed E-state index contributed by atoms with van der Waals surface area (Å²) in [4.78, 5) is 11.8. The third-order valence-electron chi connectivity index (χ3n) is 2.82. The maximum atomic E-state index is 12.7. The summed E-state index contributed by atoms with van der Waals surface area (Å²) in [5.74, 6) is 0. The molecule has 22 heavy (non-hydrogen) atoms. The highest BCUT2D eigenvalue weighted by atomic mass is 35.5. The number of hydrogen-bond acceptors (Lipinski definition) is 1. The van der Waals surface area contributed by atoms with Crippen molar-refractivity contribution < 1.29 is 18.0 Å². The van der Waals surface area contributed by atoms with E-state index in [0.29, 0.717) is 5.69 Å². The molecule has 116 valence electrons. The van der Waals surface area contributed by atoms with E-state index in [1.54, 1.807) is 18.2 Å². The van der Waals surface area contributed by atoms with Gasteiger partial charge in [0.15, 0.2) is 0 Å². The standard InChI is InChI=1S/C15H12ClF3N2O/c1-9-3-2-4-11(7-9)20-14(22)21-13-8-10(15(17,18)19)5-6-12(13)16/h2-8H,1H3,(H2,20,21,22). The summed E-state index contributed by atoms with van der Waals surface area (Å²) in [6, 6.07) is 9.06. The number of benzene rings is 2. The highest BCUT2D eigenvalue weighted by Crippen LogP contribution is 2.33. The number of halogens is 4. The molecule has 2 aromatic rings. The molecule has 0 aromatic heterocycles. The van der Waals surface area contributed by atoms with Crippen molar-refractivity contribution in [2.45, 2.75) is 13.1 Å². The van der Waals surface area contributed by atoms with Gasteiger partial charge in [-0.15, -0.1) is 0 Å². The van der Waals surface area contributed by atoms with E-state index in [0.717, 1.165) is 23.8 Å². The van der Waals surface area contributed by atoms with Crippen molar-refractivity contribution in [3.8, 4) is 0 Å². The van der Waals surface area contributed by atoms with Gasteiger partial charge >= 0.3 is 12.2 Å². The zero-order valence-corrected chi connectivity index (χ0v) is 12.2. The first-order chi connectivity index (χ1) is 10.3. The SMILES string of the molecule is Cc1cccc(NC(=O)Nc2cc(C(F)(F)F)ccc2Cl)c1. The zero-order chi connectivity index (χ0) is 16.3. The number of urea groups is 1. The van der Waals surface area contributed by atoms with E-state index in [2.05, 4.69) is 10.6 Å². The van der Waals surface area contributed by atoms with Crippen molar-refractivity contribution >= 4 is 29.0 Å². The Morgan fingerprint density at radius 3 is 2.45 bits per heavy atom. The molecule has 7 heteroatoms. The van der Waals surface area contributed by atoms with Crippen LogP contribution in [-0.2, 0) is 6.18 Å². The van der Waals surface area contributed by atoms with Gasteiger partial charge in [0, 0.05) is 5.69 Å². The highest BCUT2D eigenvalue weighted by molar-refractivity contribution is 6.33. The Morgan fingerprint density at radius 2 is 1.82 bits per heavy atom. The van der Waals surface area contributed by atoms with Crippen LogP contribution in [0.3, 0.4) is 0 Å². The van der Waals surface area contributed by atoms with Gasteiger partial charge in [-0.25, -0.2) is 4.79 Å². The summed E-state index contributed by atoms with van der Waals surface area (Å²) in [6.07, 6.45) is -4.51. The third kappa shape index (κ3) is 4.14. The van der Waals surface area contributed by atoms with Gasteiger partial charge in [-0.05, 0) is 42.8 Å². The van der Waals surface area contributed by atoms with Crippen LogP contribution in [0.25, 0.3) is 0 Å². The molecule has 0 aliphatic carbocycles. The van der Waals surface area contributed by atoms with Gasteiger partial charge in [0.1, 0.15) is 0 Å². The minimum Gasteiger partial charge on any atom is -0.308 e. The smallest absolute Gasteiger partial charge is 0.308 e. The van der Waals surface area contributed by atoms with Gasteiger partial charge in [0.05, 0.1) is 16.3 Å². The highest BCUT2D eigenvalue weighted by Gasteiger charge is 2.31. The Kier molecular flexibility index (Phi) is 4.61. The maximum Gasteiger partial charge on any atom is 0.416 e. The van der Waals surface area contributed by atoms with E-state index in [1.807, 2.05) is 13.0 Å². The number of carbonyl (C=O) groups excluding carboxylic acids is 1. The number of amides is 2. The maximum absolute atomic E-state index is 12.7. The first-order valence-electron chi connectivity index (χ1n) is 6.27. The monoisotopic (exact) mass is 328 g/mol. The molecule has 2 rings (SSSR count). The predicted octanol–water partition coefficient (Wildman–Crippen LogP) is 5.31. The molecule has 3 nitrogen and oxygen atoms in total. The number of aryl methyl sites for hydroxylation is 1. The quantitative estimate of drug-likeness (QED) is 0.770. The van der Waals surface area contributed by atoms with Crippen molar-refractivity contribution in [1.82, 2.24) is 0 Å². The van der Waals surface area contributed by atoms with E-state index in [4.69, 9.17) is 11.6 Å². The Labute approximate surface area is 130 Å². The Balaban J connectivity index is 2.14. The molecule has 0 unspecified atom stereocenters. The fourth-order valence-corrected chi connectivity index (χ4v) is 1.97. The first kappa shape index (κ1) is 16.2. The Morgan fingerprint density at radius 1 is 1.09 bits per heavy atom. The predicted molar refractivity (Wildman–Crippen MR) is 80.3 cm³/mol. The molecule has 2 amide bonds. The molecule has 0 bridgehead atoms. The average molecular weight is 329 g/mol. The zero-order valence-electron chi connectivity index (χ0n) is 11.5. The molecule has 0 fully saturated rings. The topological polar surface area (TPSA) is 41.1 Å². The lowest BCUT2D eigenvalue weighted by Gasteiger charge is -2.12. The van der Waals surface area contributed by atoms with Crippen molar-refractivity contribution in [1.29, 1.82) is 0 Å². The van der Waals surface area contributed by atoms with E-state index < -0.39 is 17.8 Å². The molecular formula is C15H12ClF3N2O. The molecule has 0 atom stereocenters. The first-order valence-corrected chi connectivity index (χ1v) is 6.65. The van der Waals surface area contributed by atoms with Gasteiger partial charge in [-0.2, -0.15) is 13.2 Å². The van der Waals surface area contributed by atoms with Gasteiger partial charge in [-0.3, -0.25) is 0 Å². The molecule has 2 aromatic carbocycles. The molecule has 0 heterocycles. The number of hydrogen-bond donors (Lipinski definition) is 2. The van der Waals surface area contributed by atoms with Crippen molar-refractivity contribution in [2.75, 3.05) is 10.6 Å². The number of anilines is 2. The van der Waals surface area contributed by atoms with Crippen LogP contribution >= 0.6 is 11.6 Å². The van der Waals surface area contributed by atoms with Crippen molar-refractivity contribution in [3.05, 3.63) is 58.6 Å². The second-order valence-electron chi connectivity index (χ2n) is 4.64. The van der Waals surface area contributed by atoms with Crippen LogP contribution in [0.5, 0.6) is 0 Å². The van der Waals surface area contributed by atoms with Crippen molar-refractivity contribution in [3.63, 3.8) is 0 Å². The van der Waals surface area contributed by atoms with Crippen LogP contribution in [0, 0.1) is 6.92 Å². The van der Waals surface area contributed by atoms with Gasteiger partial charge < -0.3 is 10.6 Å². The number of rotatable bonds is 2. The van der Waals surface area contributed by atoms with Crippen LogP contribution < -0.4 is 10.6 Å². The summed E-state index contributed by atoms with van der Waals surface area (Å²) in [6.45, 7) is 1.85. The van der Waals surface area contributed by atoms with Crippen LogP contribution in [0.4, 0.5) is 29.3 Å². The van der Waals surface area contributed by atoms with E-state index >= 15 is 0 Å². The van der Waals surface area contributed by atoms with Crippen LogP contribution in [0.2, 0.25) is 5.02 Å². The fraction of sp³-hybridized carbons (Fsp3) is 0.133. The summed E-state index contributed by atoms with van der Waals surface area (Å²) in [5, 5.41) is 4.86. The summed E-state index contributed by atoms with van der Waals surface area (Å²) < 4.78 is 38.0. The van der Waals surface area contributed by atoms with Crippen LogP contribution in [0.15, 0.2) is 42.5 Å². The minimum absolute atomic E-state index is 0.0207. The van der Waals surface area contributed by atoms with E-state index in [-0.39, 0.29) is 10.7 Å². The Bertz CT molecular complexity index is 701. The van der Waals surface area contributed by atoms with Crippen molar-refractivity contribution in [2.24, 2.45) is 0 Å². The lowest BCUT2D eigenvalue weighted by Crippen LogP contribution is -2.20. The molecule has 0 aliphatic rings. The summed E-state index contributed by atoms with van der Waals surface area (Å²) >= 11 is 5.81. The lowest BCUT2D eigenvalue weighted by molar-refractivity contribution is -0.137. The van der Waals surface area contributed by atoms with Gasteiger partial charge in [0.2, 0.25) is 0 Å². The molecular weight excluding hydrogens is 317 g/mol. The Hall–Kier alpha value is -2.21. The molecule has 2 N–H and O–H groups in total. The summed E-state index contributed by atoms with van der Waals surface area (Å²) in [5.41, 5.74) is 0.472. The second-order valence-corrected chi connectivity index (χ2v) is 5.05. The van der Waals surface area contributed by atoms with E-state index in [9.17, 15) is 18.0 Å². The third-order valence-corrected chi connectivity index (χ3v) is 3.15. The average Bonchev–Trinajstić information content (AvgIpc) is 2.40.